The molecule has 5 heteroatoms. The number of aryl methyl sites for hydroxylation is 2. The predicted molar refractivity (Wildman–Crippen MR) is 93.2 cm³/mol. The zero-order valence-corrected chi connectivity index (χ0v) is 14.2. The molecule has 1 aromatic carbocycles. The Kier molecular flexibility index (Phi) is 4.51. The maximum absolute atomic E-state index is 12.0. The number of fused-ring (bicyclic) bond motifs is 1. The molecule has 2 heterocycles. The van der Waals surface area contributed by atoms with Gasteiger partial charge in [0, 0.05) is 12.4 Å². The summed E-state index contributed by atoms with van der Waals surface area (Å²) in [4.78, 5) is 16.5. The predicted octanol–water partition coefficient (Wildman–Crippen LogP) is 2.95. The van der Waals surface area contributed by atoms with E-state index in [1.165, 1.54) is 0 Å². The van der Waals surface area contributed by atoms with Gasteiger partial charge < -0.3 is 14.5 Å². The fourth-order valence-corrected chi connectivity index (χ4v) is 2.50. The first-order valence-corrected chi connectivity index (χ1v) is 7.93. The fraction of sp³-hybridized carbons (Fsp3) is 0.263. The highest BCUT2D eigenvalue weighted by Crippen LogP contribution is 2.20. The van der Waals surface area contributed by atoms with Gasteiger partial charge in [-0.3, -0.25) is 4.79 Å². The van der Waals surface area contributed by atoms with Gasteiger partial charge in [-0.05, 0) is 49.6 Å². The Morgan fingerprint density at radius 2 is 2.00 bits per heavy atom. The van der Waals surface area contributed by atoms with E-state index in [0.717, 1.165) is 33.8 Å². The highest BCUT2D eigenvalue weighted by molar-refractivity contribution is 5.77. The molecule has 0 aliphatic carbocycles. The fourth-order valence-electron chi connectivity index (χ4n) is 2.50. The van der Waals surface area contributed by atoms with Crippen LogP contribution in [0.2, 0.25) is 0 Å². The number of amides is 1. The molecule has 2 aromatic heterocycles. The Labute approximate surface area is 141 Å². The Morgan fingerprint density at radius 1 is 1.17 bits per heavy atom. The molecule has 0 radical (unpaired) electrons. The van der Waals surface area contributed by atoms with Gasteiger partial charge in [0.2, 0.25) is 0 Å². The van der Waals surface area contributed by atoms with E-state index < -0.39 is 0 Å². The van der Waals surface area contributed by atoms with Gasteiger partial charge in [-0.2, -0.15) is 0 Å². The van der Waals surface area contributed by atoms with Crippen LogP contribution in [0.15, 0.2) is 42.7 Å². The van der Waals surface area contributed by atoms with Crippen LogP contribution >= 0.6 is 0 Å². The monoisotopic (exact) mass is 323 g/mol. The van der Waals surface area contributed by atoms with Crippen molar-refractivity contribution in [2.24, 2.45) is 0 Å². The SMILES string of the molecule is Cc1ccc2nc(CNC(=O)COc3cccc(C)c3C)cn2c1. The number of rotatable bonds is 5. The van der Waals surface area contributed by atoms with E-state index in [9.17, 15) is 4.79 Å². The van der Waals surface area contributed by atoms with Crippen molar-refractivity contribution in [3.63, 3.8) is 0 Å². The van der Waals surface area contributed by atoms with Crippen molar-refractivity contribution >= 4 is 11.6 Å². The molecule has 0 aliphatic rings. The smallest absolute Gasteiger partial charge is 0.258 e. The van der Waals surface area contributed by atoms with E-state index in [-0.39, 0.29) is 12.5 Å². The first-order valence-electron chi connectivity index (χ1n) is 7.93. The highest BCUT2D eigenvalue weighted by atomic mass is 16.5. The van der Waals surface area contributed by atoms with Crippen LogP contribution in [-0.2, 0) is 11.3 Å². The number of hydrogen-bond acceptors (Lipinski definition) is 3. The number of aromatic nitrogens is 2. The van der Waals surface area contributed by atoms with Crippen molar-refractivity contribution < 1.29 is 9.53 Å². The lowest BCUT2D eigenvalue weighted by Gasteiger charge is -2.10. The minimum absolute atomic E-state index is 0.00320. The van der Waals surface area contributed by atoms with Crippen LogP contribution < -0.4 is 10.1 Å². The normalized spacial score (nSPS) is 10.8. The van der Waals surface area contributed by atoms with Gasteiger partial charge >= 0.3 is 0 Å². The number of nitrogens with one attached hydrogen (secondary N) is 1. The summed E-state index contributed by atoms with van der Waals surface area (Å²) in [5, 5.41) is 2.84. The quantitative estimate of drug-likeness (QED) is 0.785. The van der Waals surface area contributed by atoms with Crippen LogP contribution in [0.25, 0.3) is 5.65 Å². The maximum Gasteiger partial charge on any atom is 0.258 e. The summed E-state index contributed by atoms with van der Waals surface area (Å²) in [5.41, 5.74) is 5.06. The molecule has 0 saturated carbocycles. The van der Waals surface area contributed by atoms with Gasteiger partial charge in [-0.1, -0.05) is 18.2 Å². The molecule has 5 nitrogen and oxygen atoms in total. The van der Waals surface area contributed by atoms with Crippen LogP contribution in [-0.4, -0.2) is 21.9 Å². The van der Waals surface area contributed by atoms with Gasteiger partial charge in [-0.15, -0.1) is 0 Å². The number of carbonyl (C=O) groups is 1. The summed E-state index contributed by atoms with van der Waals surface area (Å²) in [6.07, 6.45) is 3.94. The molecule has 0 unspecified atom stereocenters. The molecule has 3 aromatic rings. The average Bonchev–Trinajstić information content (AvgIpc) is 2.96. The number of hydrogen-bond donors (Lipinski definition) is 1. The van der Waals surface area contributed by atoms with E-state index in [2.05, 4.69) is 10.3 Å². The average molecular weight is 323 g/mol. The van der Waals surface area contributed by atoms with Crippen molar-refractivity contribution in [1.29, 1.82) is 0 Å². The van der Waals surface area contributed by atoms with E-state index in [1.54, 1.807) is 0 Å². The second-order valence-electron chi connectivity index (χ2n) is 5.97. The first-order chi connectivity index (χ1) is 11.5. The summed E-state index contributed by atoms with van der Waals surface area (Å²) in [7, 11) is 0. The van der Waals surface area contributed by atoms with Crippen LogP contribution in [0.5, 0.6) is 5.75 Å². The Balaban J connectivity index is 1.55. The van der Waals surface area contributed by atoms with Gasteiger partial charge in [0.15, 0.2) is 6.61 Å². The molecule has 1 amide bonds. The Bertz CT molecular complexity index is 883. The zero-order chi connectivity index (χ0) is 17.1. The Morgan fingerprint density at radius 3 is 2.83 bits per heavy atom. The van der Waals surface area contributed by atoms with E-state index in [4.69, 9.17) is 4.74 Å². The number of ether oxygens (including phenoxy) is 1. The topological polar surface area (TPSA) is 55.6 Å². The number of benzene rings is 1. The second-order valence-corrected chi connectivity index (χ2v) is 5.97. The van der Waals surface area contributed by atoms with Crippen molar-refractivity contribution in [1.82, 2.24) is 14.7 Å². The summed E-state index contributed by atoms with van der Waals surface area (Å²) >= 11 is 0. The number of pyridine rings is 1. The number of carbonyl (C=O) groups excluding carboxylic acids is 1. The van der Waals surface area contributed by atoms with E-state index >= 15 is 0 Å². The van der Waals surface area contributed by atoms with Gasteiger partial charge in [0.25, 0.3) is 5.91 Å². The van der Waals surface area contributed by atoms with E-state index in [1.807, 2.05) is 67.9 Å². The standard InChI is InChI=1S/C19H21N3O2/c1-13-7-8-18-21-16(11-22(18)10-13)9-20-19(23)12-24-17-6-4-5-14(2)15(17)3/h4-8,10-11H,9,12H2,1-3H3,(H,20,23). The second kappa shape index (κ2) is 6.74. The molecule has 0 spiro atoms. The lowest BCUT2D eigenvalue weighted by molar-refractivity contribution is -0.123. The minimum Gasteiger partial charge on any atom is -0.483 e. The zero-order valence-electron chi connectivity index (χ0n) is 14.2. The highest BCUT2D eigenvalue weighted by Gasteiger charge is 2.07. The number of imidazole rings is 1. The molecule has 24 heavy (non-hydrogen) atoms. The van der Waals surface area contributed by atoms with E-state index in [0.29, 0.717) is 6.54 Å². The third kappa shape index (κ3) is 3.56. The van der Waals surface area contributed by atoms with Gasteiger partial charge in [0.1, 0.15) is 11.4 Å². The number of nitrogens with zero attached hydrogens (tertiary/aromatic N) is 2. The third-order valence-electron chi connectivity index (χ3n) is 4.03. The van der Waals surface area contributed by atoms with Crippen molar-refractivity contribution in [3.8, 4) is 5.75 Å². The molecule has 0 fully saturated rings. The molecule has 124 valence electrons. The van der Waals surface area contributed by atoms with Crippen molar-refractivity contribution in [2.45, 2.75) is 27.3 Å². The molecule has 0 atom stereocenters. The largest absolute Gasteiger partial charge is 0.483 e. The van der Waals surface area contributed by atoms with Gasteiger partial charge in [-0.25, -0.2) is 4.98 Å². The van der Waals surface area contributed by atoms with Crippen molar-refractivity contribution in [3.05, 3.63) is 65.1 Å². The maximum atomic E-state index is 12.0. The molecule has 0 bridgehead atoms. The van der Waals surface area contributed by atoms with Crippen LogP contribution in [0.3, 0.4) is 0 Å². The lowest BCUT2D eigenvalue weighted by Crippen LogP contribution is -2.28. The summed E-state index contributed by atoms with van der Waals surface area (Å²) < 4.78 is 7.57. The van der Waals surface area contributed by atoms with Crippen LogP contribution in [0, 0.1) is 20.8 Å². The third-order valence-corrected chi connectivity index (χ3v) is 4.03. The molecule has 1 N–H and O–H groups in total. The van der Waals surface area contributed by atoms with Crippen LogP contribution in [0.1, 0.15) is 22.4 Å². The molecular weight excluding hydrogens is 302 g/mol. The summed E-state index contributed by atoms with van der Waals surface area (Å²) in [5.74, 6) is 0.581. The Hall–Kier alpha value is -2.82. The van der Waals surface area contributed by atoms with Crippen LogP contribution in [0.4, 0.5) is 0 Å². The molecule has 3 rings (SSSR count). The summed E-state index contributed by atoms with van der Waals surface area (Å²) in [6, 6.07) is 9.80. The van der Waals surface area contributed by atoms with Crippen molar-refractivity contribution in [2.75, 3.05) is 6.61 Å². The minimum atomic E-state index is -0.163. The first kappa shape index (κ1) is 16.1. The molecule has 0 saturated heterocycles. The lowest BCUT2D eigenvalue weighted by atomic mass is 10.1. The summed E-state index contributed by atoms with van der Waals surface area (Å²) in [6.45, 7) is 6.42. The molecule has 0 aliphatic heterocycles. The molecular formula is C19H21N3O2. The van der Waals surface area contributed by atoms with Gasteiger partial charge in [0.05, 0.1) is 12.2 Å².